The first-order valence-electron chi connectivity index (χ1n) is 8.62. The molecule has 0 radical (unpaired) electrons. The molecule has 2 aliphatic rings. The molecule has 4 rings (SSSR count). The van der Waals surface area contributed by atoms with Gasteiger partial charge in [0.05, 0.1) is 16.6 Å². The van der Waals surface area contributed by atoms with Crippen LogP contribution in [0.25, 0.3) is 16.6 Å². The molecule has 1 fully saturated rings. The van der Waals surface area contributed by atoms with Gasteiger partial charge in [-0.05, 0) is 55.2 Å². The summed E-state index contributed by atoms with van der Waals surface area (Å²) in [5.41, 5.74) is 3.13. The highest BCUT2D eigenvalue weighted by molar-refractivity contribution is 6.31. The number of carboxylic acid groups (broad SMARTS) is 1. The van der Waals surface area contributed by atoms with E-state index in [9.17, 15) is 9.90 Å². The molecule has 1 aromatic carbocycles. The molecule has 2 aromatic rings. The van der Waals surface area contributed by atoms with Crippen molar-refractivity contribution in [3.8, 4) is 0 Å². The van der Waals surface area contributed by atoms with Crippen LogP contribution in [-0.4, -0.2) is 20.6 Å². The summed E-state index contributed by atoms with van der Waals surface area (Å²) in [5.74, 6) is 0.00176. The van der Waals surface area contributed by atoms with Crippen molar-refractivity contribution in [2.24, 2.45) is 0 Å². The fraction of sp³-hybridized carbons (Fsp3) is 0.300. The number of halogens is 1. The maximum absolute atomic E-state index is 11.3. The summed E-state index contributed by atoms with van der Waals surface area (Å²) in [6.07, 6.45) is 13.3. The average molecular weight is 355 g/mol. The highest BCUT2D eigenvalue weighted by Crippen LogP contribution is 2.37. The molecule has 25 heavy (non-hydrogen) atoms. The molecular weight excluding hydrogens is 336 g/mol. The van der Waals surface area contributed by atoms with Crippen molar-refractivity contribution < 1.29 is 9.90 Å². The first-order chi connectivity index (χ1) is 12.1. The summed E-state index contributed by atoms with van der Waals surface area (Å²) < 4.78 is 2.31. The van der Waals surface area contributed by atoms with Crippen LogP contribution < -0.4 is 0 Å². The van der Waals surface area contributed by atoms with Gasteiger partial charge in [0.2, 0.25) is 0 Å². The first-order valence-corrected chi connectivity index (χ1v) is 9.00. The molecule has 0 spiro atoms. The Balaban J connectivity index is 1.91. The summed E-state index contributed by atoms with van der Waals surface area (Å²) in [5, 5.41) is 9.97. The normalized spacial score (nSPS) is 18.3. The Bertz CT molecular complexity index is 931. The second-order valence-corrected chi connectivity index (χ2v) is 7.04. The Morgan fingerprint density at radius 3 is 2.80 bits per heavy atom. The van der Waals surface area contributed by atoms with E-state index < -0.39 is 5.97 Å². The fourth-order valence-electron chi connectivity index (χ4n) is 3.76. The van der Waals surface area contributed by atoms with Gasteiger partial charge in [-0.3, -0.25) is 0 Å². The van der Waals surface area contributed by atoms with Gasteiger partial charge in [-0.1, -0.05) is 36.6 Å². The summed E-state index contributed by atoms with van der Waals surface area (Å²) in [6.45, 7) is 0. The minimum atomic E-state index is -0.926. The van der Waals surface area contributed by atoms with E-state index in [4.69, 9.17) is 16.6 Å². The average Bonchev–Trinajstić information content (AvgIpc) is 3.18. The van der Waals surface area contributed by atoms with Crippen LogP contribution in [-0.2, 0) is 0 Å². The lowest BCUT2D eigenvalue weighted by Crippen LogP contribution is -2.09. The van der Waals surface area contributed by atoms with E-state index in [0.29, 0.717) is 11.1 Å². The zero-order valence-electron chi connectivity index (χ0n) is 13.8. The summed E-state index contributed by atoms with van der Waals surface area (Å²) >= 11 is 6.11. The molecule has 1 aromatic heterocycles. The summed E-state index contributed by atoms with van der Waals surface area (Å²) in [4.78, 5) is 16.1. The van der Waals surface area contributed by atoms with Crippen LogP contribution in [0.5, 0.6) is 0 Å². The van der Waals surface area contributed by atoms with Gasteiger partial charge in [0.1, 0.15) is 5.82 Å². The standard InChI is InChI=1S/C20H19ClN2O2/c21-15-5-3-4-13(8-10-15)19-22-17-12-14(20(24)25)9-11-18(17)23(19)16-6-1-2-7-16/h3,5,8-12,16H,1-2,4,6-7H2,(H,24,25). The summed E-state index contributed by atoms with van der Waals surface area (Å²) in [6, 6.07) is 5.65. The maximum atomic E-state index is 11.3. The van der Waals surface area contributed by atoms with Gasteiger partial charge in [-0.2, -0.15) is 0 Å². The largest absolute Gasteiger partial charge is 0.478 e. The highest BCUT2D eigenvalue weighted by atomic mass is 35.5. The van der Waals surface area contributed by atoms with Gasteiger partial charge in [0.25, 0.3) is 0 Å². The van der Waals surface area contributed by atoms with Crippen LogP contribution >= 0.6 is 11.6 Å². The van der Waals surface area contributed by atoms with E-state index in [1.807, 2.05) is 30.4 Å². The van der Waals surface area contributed by atoms with Crippen LogP contribution in [0.2, 0.25) is 0 Å². The summed E-state index contributed by atoms with van der Waals surface area (Å²) in [7, 11) is 0. The number of nitrogens with zero attached hydrogens (tertiary/aromatic N) is 2. The van der Waals surface area contributed by atoms with E-state index in [-0.39, 0.29) is 5.56 Å². The number of fused-ring (bicyclic) bond motifs is 1. The van der Waals surface area contributed by atoms with E-state index in [1.165, 1.54) is 12.8 Å². The molecule has 0 bridgehead atoms. The van der Waals surface area contributed by atoms with Crippen molar-refractivity contribution in [1.29, 1.82) is 0 Å². The molecule has 4 nitrogen and oxygen atoms in total. The van der Waals surface area contributed by atoms with Gasteiger partial charge in [0.15, 0.2) is 0 Å². The minimum absolute atomic E-state index is 0.271. The second kappa shape index (κ2) is 6.52. The van der Waals surface area contributed by atoms with Gasteiger partial charge in [-0.25, -0.2) is 9.78 Å². The predicted molar refractivity (Wildman–Crippen MR) is 99.9 cm³/mol. The van der Waals surface area contributed by atoms with Crippen molar-refractivity contribution in [2.45, 2.75) is 38.1 Å². The molecule has 128 valence electrons. The molecule has 1 saturated carbocycles. The van der Waals surface area contributed by atoms with Crippen LogP contribution in [0.1, 0.15) is 54.3 Å². The number of hydrogen-bond donors (Lipinski definition) is 1. The van der Waals surface area contributed by atoms with Crippen LogP contribution in [0.3, 0.4) is 0 Å². The van der Waals surface area contributed by atoms with Gasteiger partial charge in [0, 0.05) is 11.1 Å². The molecule has 5 heteroatoms. The van der Waals surface area contributed by atoms with E-state index in [0.717, 1.165) is 41.7 Å². The molecule has 2 aliphatic carbocycles. The second-order valence-electron chi connectivity index (χ2n) is 6.60. The number of imidazole rings is 1. The van der Waals surface area contributed by atoms with Crippen molar-refractivity contribution in [1.82, 2.24) is 9.55 Å². The van der Waals surface area contributed by atoms with Crippen molar-refractivity contribution >= 4 is 34.2 Å². The number of hydrogen-bond acceptors (Lipinski definition) is 2. The number of aromatic nitrogens is 2. The van der Waals surface area contributed by atoms with Gasteiger partial charge in [-0.15, -0.1) is 0 Å². The third kappa shape index (κ3) is 3.02. The number of allylic oxidation sites excluding steroid dienone is 6. The lowest BCUT2D eigenvalue weighted by Gasteiger charge is -2.17. The zero-order chi connectivity index (χ0) is 17.4. The third-order valence-corrected chi connectivity index (χ3v) is 5.22. The SMILES string of the molecule is O=C(O)c1ccc2c(c1)nc(C1=CC=C(Cl)C=CC1)n2C1CCCC1. The molecule has 0 amide bonds. The van der Waals surface area contributed by atoms with Crippen LogP contribution in [0, 0.1) is 0 Å². The highest BCUT2D eigenvalue weighted by Gasteiger charge is 2.24. The zero-order valence-corrected chi connectivity index (χ0v) is 14.5. The van der Waals surface area contributed by atoms with E-state index >= 15 is 0 Å². The Hall–Kier alpha value is -2.33. The quantitative estimate of drug-likeness (QED) is 0.812. The topological polar surface area (TPSA) is 55.1 Å². The predicted octanol–water partition coefficient (Wildman–Crippen LogP) is 5.32. The number of carboxylic acids is 1. The first kappa shape index (κ1) is 16.2. The molecule has 0 saturated heterocycles. The molecule has 1 N–H and O–H groups in total. The lowest BCUT2D eigenvalue weighted by molar-refractivity contribution is 0.0697. The number of aromatic carboxylic acids is 1. The molecular formula is C20H19ClN2O2. The van der Waals surface area contributed by atoms with Crippen LogP contribution in [0.4, 0.5) is 0 Å². The molecule has 0 aliphatic heterocycles. The van der Waals surface area contributed by atoms with E-state index in [1.54, 1.807) is 12.1 Å². The number of carbonyl (C=O) groups is 1. The van der Waals surface area contributed by atoms with Gasteiger partial charge >= 0.3 is 5.97 Å². The molecule has 0 atom stereocenters. The Labute approximate surface area is 151 Å². The van der Waals surface area contributed by atoms with Crippen LogP contribution in [0.15, 0.2) is 47.5 Å². The smallest absolute Gasteiger partial charge is 0.335 e. The molecule has 1 heterocycles. The van der Waals surface area contributed by atoms with Crippen molar-refractivity contribution in [3.05, 3.63) is 58.9 Å². The third-order valence-electron chi connectivity index (χ3n) is 4.97. The fourth-order valence-corrected chi connectivity index (χ4v) is 3.91. The molecule has 0 unspecified atom stereocenters. The minimum Gasteiger partial charge on any atom is -0.478 e. The van der Waals surface area contributed by atoms with Crippen molar-refractivity contribution in [2.75, 3.05) is 0 Å². The lowest BCUT2D eigenvalue weighted by atomic mass is 10.1. The van der Waals surface area contributed by atoms with E-state index in [2.05, 4.69) is 4.57 Å². The Kier molecular flexibility index (Phi) is 4.22. The number of benzene rings is 1. The van der Waals surface area contributed by atoms with Gasteiger partial charge < -0.3 is 9.67 Å². The van der Waals surface area contributed by atoms with Crippen molar-refractivity contribution in [3.63, 3.8) is 0 Å². The monoisotopic (exact) mass is 354 g/mol. The Morgan fingerprint density at radius 2 is 2.04 bits per heavy atom. The maximum Gasteiger partial charge on any atom is 0.335 e. The Morgan fingerprint density at radius 1 is 1.24 bits per heavy atom. The number of rotatable bonds is 3.